The van der Waals surface area contributed by atoms with E-state index in [4.69, 9.17) is 4.74 Å². The molecule has 0 radical (unpaired) electrons. The van der Waals surface area contributed by atoms with E-state index in [1.54, 1.807) is 0 Å². The number of nitrogens with zero attached hydrogens (tertiary/aromatic N) is 1. The van der Waals surface area contributed by atoms with Gasteiger partial charge >= 0.3 is 0 Å². The van der Waals surface area contributed by atoms with E-state index >= 15 is 0 Å². The molecular formula is C18H20N2O4. The Morgan fingerprint density at radius 1 is 1.12 bits per heavy atom. The fourth-order valence-corrected chi connectivity index (χ4v) is 2.25. The van der Waals surface area contributed by atoms with Crippen molar-refractivity contribution in [3.05, 3.63) is 64.2 Å². The van der Waals surface area contributed by atoms with Gasteiger partial charge in [-0.05, 0) is 29.2 Å². The largest absolute Gasteiger partial charge is 0.484 e. The molecular weight excluding hydrogens is 308 g/mol. The number of nitro benzene ring substituents is 1. The number of nitrogens with one attached hydrogen (secondary N) is 1. The minimum absolute atomic E-state index is 0.0223. The molecule has 0 spiro atoms. The maximum atomic E-state index is 12.1. The highest BCUT2D eigenvalue weighted by Crippen LogP contribution is 2.29. The highest BCUT2D eigenvalue weighted by atomic mass is 16.6. The molecule has 24 heavy (non-hydrogen) atoms. The molecule has 2 aromatic rings. The van der Waals surface area contributed by atoms with Gasteiger partial charge in [0.25, 0.3) is 11.6 Å². The molecule has 126 valence electrons. The summed E-state index contributed by atoms with van der Waals surface area (Å²) in [4.78, 5) is 22.2. The number of hydrogen-bond donors (Lipinski definition) is 1. The first-order chi connectivity index (χ1) is 11.3. The van der Waals surface area contributed by atoms with Crippen molar-refractivity contribution < 1.29 is 14.5 Å². The van der Waals surface area contributed by atoms with Crippen LogP contribution >= 0.6 is 0 Å². The number of carbonyl (C=O) groups excluding carboxylic acids is 1. The van der Waals surface area contributed by atoms with Gasteiger partial charge in [0.2, 0.25) is 0 Å². The number of ether oxygens (including phenoxy) is 1. The van der Waals surface area contributed by atoms with Gasteiger partial charge in [0, 0.05) is 17.8 Å². The third-order valence-electron chi connectivity index (χ3n) is 3.43. The summed E-state index contributed by atoms with van der Waals surface area (Å²) in [5.74, 6) is 0.116. The van der Waals surface area contributed by atoms with Crippen LogP contribution in [0.2, 0.25) is 0 Å². The minimum Gasteiger partial charge on any atom is -0.484 e. The number of nitro groups is 1. The molecule has 0 saturated carbocycles. The van der Waals surface area contributed by atoms with Gasteiger partial charge in [-0.3, -0.25) is 14.9 Å². The number of carbonyl (C=O) groups is 1. The summed E-state index contributed by atoms with van der Waals surface area (Å²) in [5, 5.41) is 13.4. The van der Waals surface area contributed by atoms with Crippen LogP contribution in [0, 0.1) is 10.1 Å². The first kappa shape index (κ1) is 17.5. The van der Waals surface area contributed by atoms with Gasteiger partial charge in [-0.2, -0.15) is 0 Å². The molecule has 0 aromatic heterocycles. The van der Waals surface area contributed by atoms with Crippen molar-refractivity contribution in [1.29, 1.82) is 0 Å². The molecule has 0 heterocycles. The highest BCUT2D eigenvalue weighted by molar-refractivity contribution is 5.92. The number of anilines is 1. The van der Waals surface area contributed by atoms with Crippen LogP contribution < -0.4 is 10.1 Å². The Kier molecular flexibility index (Phi) is 5.18. The van der Waals surface area contributed by atoms with Crippen molar-refractivity contribution in [3.8, 4) is 5.75 Å². The van der Waals surface area contributed by atoms with Crippen LogP contribution in [0.4, 0.5) is 11.4 Å². The Bertz CT molecular complexity index is 733. The first-order valence-electron chi connectivity index (χ1n) is 7.54. The zero-order valence-electron chi connectivity index (χ0n) is 13.9. The van der Waals surface area contributed by atoms with Gasteiger partial charge < -0.3 is 10.1 Å². The molecule has 0 atom stereocenters. The zero-order valence-corrected chi connectivity index (χ0v) is 13.9. The minimum atomic E-state index is -0.486. The molecule has 2 rings (SSSR count). The molecule has 2 aromatic carbocycles. The monoisotopic (exact) mass is 328 g/mol. The summed E-state index contributed by atoms with van der Waals surface area (Å²) >= 11 is 0. The molecule has 6 nitrogen and oxygen atoms in total. The summed E-state index contributed by atoms with van der Waals surface area (Å²) in [6.07, 6.45) is 0. The molecule has 0 aliphatic rings. The van der Waals surface area contributed by atoms with E-state index in [-0.39, 0.29) is 23.6 Å². The van der Waals surface area contributed by atoms with E-state index in [2.05, 4.69) is 26.1 Å². The highest BCUT2D eigenvalue weighted by Gasteiger charge is 2.18. The van der Waals surface area contributed by atoms with Gasteiger partial charge in [-0.25, -0.2) is 0 Å². The van der Waals surface area contributed by atoms with Gasteiger partial charge in [-0.1, -0.05) is 39.0 Å². The Hall–Kier alpha value is -2.89. The maximum Gasteiger partial charge on any atom is 0.269 e. The van der Waals surface area contributed by atoms with Crippen LogP contribution in [-0.4, -0.2) is 17.4 Å². The normalized spacial score (nSPS) is 11.0. The molecule has 0 aliphatic carbocycles. The molecule has 0 bridgehead atoms. The van der Waals surface area contributed by atoms with Crippen molar-refractivity contribution >= 4 is 17.3 Å². The fraction of sp³-hybridized carbons (Fsp3) is 0.278. The number of hydrogen-bond acceptors (Lipinski definition) is 4. The van der Waals surface area contributed by atoms with Gasteiger partial charge in [0.15, 0.2) is 6.61 Å². The van der Waals surface area contributed by atoms with Crippen molar-refractivity contribution in [3.63, 3.8) is 0 Å². The summed E-state index contributed by atoms with van der Waals surface area (Å²) in [6.45, 7) is 6.05. The van der Waals surface area contributed by atoms with E-state index in [0.717, 1.165) is 11.3 Å². The lowest BCUT2D eigenvalue weighted by Gasteiger charge is -2.23. The van der Waals surface area contributed by atoms with Crippen LogP contribution in [0.5, 0.6) is 5.75 Å². The van der Waals surface area contributed by atoms with Crippen molar-refractivity contribution in [1.82, 2.24) is 0 Å². The van der Waals surface area contributed by atoms with E-state index in [1.165, 1.54) is 24.3 Å². The molecule has 1 amide bonds. The third-order valence-corrected chi connectivity index (χ3v) is 3.43. The first-order valence-corrected chi connectivity index (χ1v) is 7.54. The SMILES string of the molecule is CC(C)(C)c1ccccc1NC(=O)COc1ccc([N+](=O)[O-])cc1. The maximum absolute atomic E-state index is 12.1. The summed E-state index contributed by atoms with van der Waals surface area (Å²) in [7, 11) is 0. The van der Waals surface area contributed by atoms with Crippen LogP contribution in [0.15, 0.2) is 48.5 Å². The lowest BCUT2D eigenvalue weighted by molar-refractivity contribution is -0.384. The Labute approximate surface area is 140 Å². The summed E-state index contributed by atoms with van der Waals surface area (Å²) < 4.78 is 5.37. The Balaban J connectivity index is 1.98. The van der Waals surface area contributed by atoms with Gasteiger partial charge in [0.05, 0.1) is 4.92 Å². The average molecular weight is 328 g/mol. The van der Waals surface area contributed by atoms with Crippen LogP contribution in [0.1, 0.15) is 26.3 Å². The Morgan fingerprint density at radius 3 is 2.33 bits per heavy atom. The topological polar surface area (TPSA) is 81.5 Å². The van der Waals surface area contributed by atoms with Crippen molar-refractivity contribution in [2.75, 3.05) is 11.9 Å². The van der Waals surface area contributed by atoms with Crippen molar-refractivity contribution in [2.24, 2.45) is 0 Å². The lowest BCUT2D eigenvalue weighted by Crippen LogP contribution is -2.23. The van der Waals surface area contributed by atoms with E-state index in [1.807, 2.05) is 24.3 Å². The third kappa shape index (κ3) is 4.55. The molecule has 0 unspecified atom stereocenters. The van der Waals surface area contributed by atoms with Crippen molar-refractivity contribution in [2.45, 2.75) is 26.2 Å². The number of non-ortho nitro benzene ring substituents is 1. The second-order valence-corrected chi connectivity index (χ2v) is 6.38. The van der Waals surface area contributed by atoms with E-state index in [9.17, 15) is 14.9 Å². The second kappa shape index (κ2) is 7.12. The lowest BCUT2D eigenvalue weighted by atomic mass is 9.86. The molecule has 0 aliphatic heterocycles. The average Bonchev–Trinajstić information content (AvgIpc) is 2.53. The number of amides is 1. The predicted molar refractivity (Wildman–Crippen MR) is 92.4 cm³/mol. The molecule has 0 saturated heterocycles. The predicted octanol–water partition coefficient (Wildman–Crippen LogP) is 3.91. The fourth-order valence-electron chi connectivity index (χ4n) is 2.25. The zero-order chi connectivity index (χ0) is 17.7. The summed E-state index contributed by atoms with van der Waals surface area (Å²) in [6, 6.07) is 13.2. The van der Waals surface area contributed by atoms with Gasteiger partial charge in [0.1, 0.15) is 5.75 Å². The molecule has 0 fully saturated rings. The van der Waals surface area contributed by atoms with Crippen LogP contribution in [-0.2, 0) is 10.2 Å². The van der Waals surface area contributed by atoms with Gasteiger partial charge in [-0.15, -0.1) is 0 Å². The van der Waals surface area contributed by atoms with E-state index in [0.29, 0.717) is 5.75 Å². The smallest absolute Gasteiger partial charge is 0.269 e. The quantitative estimate of drug-likeness (QED) is 0.666. The second-order valence-electron chi connectivity index (χ2n) is 6.38. The number of para-hydroxylation sites is 1. The van der Waals surface area contributed by atoms with Crippen LogP contribution in [0.25, 0.3) is 0 Å². The molecule has 1 N–H and O–H groups in total. The standard InChI is InChI=1S/C18H20N2O4/c1-18(2,3)15-6-4-5-7-16(15)19-17(21)12-24-14-10-8-13(9-11-14)20(22)23/h4-11H,12H2,1-3H3,(H,19,21). The molecule has 6 heteroatoms. The summed E-state index contributed by atoms with van der Waals surface area (Å²) in [5.41, 5.74) is 1.67. The van der Waals surface area contributed by atoms with Crippen LogP contribution in [0.3, 0.4) is 0 Å². The number of rotatable bonds is 5. The van der Waals surface area contributed by atoms with E-state index < -0.39 is 4.92 Å². The number of benzene rings is 2. The Morgan fingerprint density at radius 2 is 1.75 bits per heavy atom.